The Bertz CT molecular complexity index is 870. The number of aromatic nitrogens is 2. The largest absolute Gasteiger partial charge is 0.335 e. The van der Waals surface area contributed by atoms with Crippen molar-refractivity contribution in [3.05, 3.63) is 47.0 Å². The van der Waals surface area contributed by atoms with Crippen LogP contribution in [0.3, 0.4) is 0 Å². The first kappa shape index (κ1) is 16.0. The molecule has 1 N–H and O–H groups in total. The molecule has 1 unspecified atom stereocenters. The van der Waals surface area contributed by atoms with Crippen LogP contribution in [0.1, 0.15) is 17.8 Å². The molecule has 0 radical (unpaired) electrons. The molecule has 3 rings (SSSR count). The molecule has 2 heterocycles. The lowest BCUT2D eigenvalue weighted by Crippen LogP contribution is -2.33. The highest BCUT2D eigenvalue weighted by Gasteiger charge is 2.22. The van der Waals surface area contributed by atoms with E-state index in [1.54, 1.807) is 6.20 Å². The molecule has 120 valence electrons. The number of nitriles is 1. The fraction of sp³-hybridized carbons (Fsp3) is 0.333. The summed E-state index contributed by atoms with van der Waals surface area (Å²) in [6.45, 7) is 1.21. The van der Waals surface area contributed by atoms with Gasteiger partial charge in [-0.1, -0.05) is 11.6 Å². The smallest absolute Gasteiger partial charge is 0.240 e. The summed E-state index contributed by atoms with van der Waals surface area (Å²) >= 11 is 5.90. The van der Waals surface area contributed by atoms with E-state index in [9.17, 15) is 8.42 Å². The zero-order valence-corrected chi connectivity index (χ0v) is 13.8. The number of benzene rings is 1. The lowest BCUT2D eigenvalue weighted by atomic mass is 9.98. The molecule has 1 aromatic heterocycles. The van der Waals surface area contributed by atoms with E-state index in [4.69, 9.17) is 16.9 Å². The SMILES string of the molecule is N#Cc1ccc(S(=O)(=O)NCC2CCn3ccnc3C2)cc1Cl. The van der Waals surface area contributed by atoms with Crippen molar-refractivity contribution in [3.8, 4) is 6.07 Å². The Balaban J connectivity index is 1.68. The fourth-order valence-electron chi connectivity index (χ4n) is 2.65. The highest BCUT2D eigenvalue weighted by Crippen LogP contribution is 2.22. The summed E-state index contributed by atoms with van der Waals surface area (Å²) < 4.78 is 29.4. The maximum Gasteiger partial charge on any atom is 0.240 e. The molecule has 1 atom stereocenters. The third-order valence-corrected chi connectivity index (χ3v) is 5.72. The van der Waals surface area contributed by atoms with E-state index in [2.05, 4.69) is 14.3 Å². The molecular formula is C15H15ClN4O2S. The molecule has 0 bridgehead atoms. The average Bonchev–Trinajstić information content (AvgIpc) is 3.00. The fourth-order valence-corrected chi connectivity index (χ4v) is 4.08. The molecule has 0 saturated heterocycles. The summed E-state index contributed by atoms with van der Waals surface area (Å²) in [5.74, 6) is 1.20. The highest BCUT2D eigenvalue weighted by molar-refractivity contribution is 7.89. The maximum absolute atomic E-state index is 12.3. The first-order valence-corrected chi connectivity index (χ1v) is 9.05. The van der Waals surface area contributed by atoms with E-state index in [1.807, 2.05) is 12.3 Å². The topological polar surface area (TPSA) is 87.8 Å². The van der Waals surface area contributed by atoms with Crippen molar-refractivity contribution in [1.82, 2.24) is 14.3 Å². The third kappa shape index (κ3) is 3.39. The molecule has 0 fully saturated rings. The van der Waals surface area contributed by atoms with Crippen molar-refractivity contribution in [1.29, 1.82) is 5.26 Å². The third-order valence-electron chi connectivity index (χ3n) is 3.98. The van der Waals surface area contributed by atoms with Crippen molar-refractivity contribution in [2.24, 2.45) is 5.92 Å². The van der Waals surface area contributed by atoms with Gasteiger partial charge in [-0.3, -0.25) is 0 Å². The molecule has 0 spiro atoms. The van der Waals surface area contributed by atoms with Crippen molar-refractivity contribution in [3.63, 3.8) is 0 Å². The van der Waals surface area contributed by atoms with Crippen LogP contribution < -0.4 is 4.72 Å². The van der Waals surface area contributed by atoms with Gasteiger partial charge < -0.3 is 4.57 Å². The second-order valence-electron chi connectivity index (χ2n) is 5.50. The van der Waals surface area contributed by atoms with Crippen LogP contribution in [0, 0.1) is 17.2 Å². The van der Waals surface area contributed by atoms with Crippen molar-refractivity contribution < 1.29 is 8.42 Å². The van der Waals surface area contributed by atoms with E-state index in [0.717, 1.165) is 25.2 Å². The summed E-state index contributed by atoms with van der Waals surface area (Å²) in [7, 11) is -3.64. The van der Waals surface area contributed by atoms with Crippen molar-refractivity contribution in [2.75, 3.05) is 6.54 Å². The second kappa shape index (κ2) is 6.32. The highest BCUT2D eigenvalue weighted by atomic mass is 35.5. The van der Waals surface area contributed by atoms with Crippen molar-refractivity contribution >= 4 is 21.6 Å². The van der Waals surface area contributed by atoms with Gasteiger partial charge in [0.05, 0.1) is 15.5 Å². The number of rotatable bonds is 4. The molecule has 0 amide bonds. The number of nitrogens with one attached hydrogen (secondary N) is 1. The van der Waals surface area contributed by atoms with Crippen LogP contribution in [0.15, 0.2) is 35.5 Å². The number of halogens is 1. The van der Waals surface area contributed by atoms with E-state index in [0.29, 0.717) is 6.54 Å². The normalized spacial score (nSPS) is 17.5. The quantitative estimate of drug-likeness (QED) is 0.912. The molecule has 1 aromatic carbocycles. The zero-order valence-electron chi connectivity index (χ0n) is 12.2. The summed E-state index contributed by atoms with van der Waals surface area (Å²) in [5.41, 5.74) is 0.254. The molecule has 8 heteroatoms. The lowest BCUT2D eigenvalue weighted by molar-refractivity contribution is 0.379. The van der Waals surface area contributed by atoms with Gasteiger partial charge in [-0.25, -0.2) is 18.1 Å². The monoisotopic (exact) mass is 350 g/mol. The Morgan fingerprint density at radius 1 is 1.48 bits per heavy atom. The predicted octanol–water partition coefficient (Wildman–Crippen LogP) is 1.95. The van der Waals surface area contributed by atoms with Crippen LogP contribution in [-0.4, -0.2) is 24.5 Å². The summed E-state index contributed by atoms with van der Waals surface area (Å²) in [5, 5.41) is 8.97. The molecule has 1 aliphatic rings. The van der Waals surface area contributed by atoms with Gasteiger partial charge in [0.15, 0.2) is 0 Å². The van der Waals surface area contributed by atoms with Gasteiger partial charge in [-0.15, -0.1) is 0 Å². The van der Waals surface area contributed by atoms with Gasteiger partial charge in [0, 0.05) is 31.9 Å². The van der Waals surface area contributed by atoms with Crippen LogP contribution in [0.5, 0.6) is 0 Å². The molecule has 0 aliphatic carbocycles. The maximum atomic E-state index is 12.3. The first-order valence-electron chi connectivity index (χ1n) is 7.19. The number of aryl methyl sites for hydroxylation is 1. The van der Waals surface area contributed by atoms with E-state index in [-0.39, 0.29) is 21.4 Å². The number of imidazole rings is 1. The van der Waals surface area contributed by atoms with Crippen LogP contribution in [-0.2, 0) is 23.0 Å². The van der Waals surface area contributed by atoms with Crippen LogP contribution >= 0.6 is 11.6 Å². The van der Waals surface area contributed by atoms with Crippen LogP contribution in [0.25, 0.3) is 0 Å². The first-order chi connectivity index (χ1) is 11.0. The molecular weight excluding hydrogens is 336 g/mol. The lowest BCUT2D eigenvalue weighted by Gasteiger charge is -2.23. The minimum atomic E-state index is -3.64. The van der Waals surface area contributed by atoms with Gasteiger partial charge in [0.2, 0.25) is 10.0 Å². The van der Waals surface area contributed by atoms with E-state index in [1.165, 1.54) is 18.2 Å². The predicted molar refractivity (Wildman–Crippen MR) is 85.4 cm³/mol. The van der Waals surface area contributed by atoms with Crippen LogP contribution in [0.2, 0.25) is 5.02 Å². The van der Waals surface area contributed by atoms with Crippen LogP contribution in [0.4, 0.5) is 0 Å². The molecule has 1 aliphatic heterocycles. The van der Waals surface area contributed by atoms with Gasteiger partial charge in [-0.2, -0.15) is 5.26 Å². The van der Waals surface area contributed by atoms with Gasteiger partial charge in [0.1, 0.15) is 11.9 Å². The Labute approximate surface area is 139 Å². The average molecular weight is 351 g/mol. The van der Waals surface area contributed by atoms with E-state index >= 15 is 0 Å². The number of hydrogen-bond acceptors (Lipinski definition) is 4. The number of hydrogen-bond donors (Lipinski definition) is 1. The number of fused-ring (bicyclic) bond motifs is 1. The molecule has 0 saturated carbocycles. The molecule has 2 aromatic rings. The number of sulfonamides is 1. The minimum absolute atomic E-state index is 0.0683. The summed E-state index contributed by atoms with van der Waals surface area (Å²) in [6.07, 6.45) is 5.36. The zero-order chi connectivity index (χ0) is 16.4. The van der Waals surface area contributed by atoms with Gasteiger partial charge in [-0.05, 0) is 30.5 Å². The second-order valence-corrected chi connectivity index (χ2v) is 7.68. The Hall–Kier alpha value is -1.88. The van der Waals surface area contributed by atoms with Crippen molar-refractivity contribution in [2.45, 2.75) is 24.3 Å². The minimum Gasteiger partial charge on any atom is -0.335 e. The standard InChI is InChI=1S/C15H15ClN4O2S/c16-14-8-13(2-1-12(14)9-17)23(21,22)19-10-11-3-5-20-6-4-18-15(20)7-11/h1-2,4,6,8,11,19H,3,5,7,10H2. The van der Waals surface area contributed by atoms with Gasteiger partial charge in [0.25, 0.3) is 0 Å². The molecule has 6 nitrogen and oxygen atoms in total. The van der Waals surface area contributed by atoms with E-state index < -0.39 is 10.0 Å². The number of nitrogens with zero attached hydrogens (tertiary/aromatic N) is 3. The Kier molecular flexibility index (Phi) is 4.39. The Morgan fingerprint density at radius 2 is 2.30 bits per heavy atom. The summed E-state index contributed by atoms with van der Waals surface area (Å²) in [6, 6.07) is 6.01. The Morgan fingerprint density at radius 3 is 3.04 bits per heavy atom. The molecule has 23 heavy (non-hydrogen) atoms. The van der Waals surface area contributed by atoms with Gasteiger partial charge >= 0.3 is 0 Å². The summed E-state index contributed by atoms with van der Waals surface area (Å²) in [4.78, 5) is 4.35.